The van der Waals surface area contributed by atoms with Crippen molar-refractivity contribution in [2.24, 2.45) is 0 Å². The predicted octanol–water partition coefficient (Wildman–Crippen LogP) is 3.26. The summed E-state index contributed by atoms with van der Waals surface area (Å²) in [6.45, 7) is 1.37. The van der Waals surface area contributed by atoms with Crippen LogP contribution in [0.25, 0.3) is 0 Å². The fourth-order valence-corrected chi connectivity index (χ4v) is 2.06. The van der Waals surface area contributed by atoms with Crippen LogP contribution >= 0.6 is 10.7 Å². The van der Waals surface area contributed by atoms with Gasteiger partial charge in [0.05, 0.1) is 4.90 Å². The standard InChI is InChI=1S/C8H8ClNO3S.C6H6/c1-6(11)10-7-2-4-8(5-3-7)14(9,12)13;1-2-4-6-5-3-1/h2-5H,1H3,(H,10,11);1-6H. The number of halogens is 1. The average Bonchev–Trinajstić information content (AvgIpc) is 2.40. The number of benzene rings is 2. The summed E-state index contributed by atoms with van der Waals surface area (Å²) in [5.41, 5.74) is 0.529. The SMILES string of the molecule is CC(=O)Nc1ccc(S(=O)(=O)Cl)cc1.c1ccccc1. The number of hydrogen-bond acceptors (Lipinski definition) is 3. The largest absolute Gasteiger partial charge is 0.326 e. The van der Waals surface area contributed by atoms with E-state index in [0.717, 1.165) is 0 Å². The zero-order chi connectivity index (χ0) is 15.0. The molecule has 4 nitrogen and oxygen atoms in total. The number of anilines is 1. The zero-order valence-electron chi connectivity index (χ0n) is 10.8. The van der Waals surface area contributed by atoms with Gasteiger partial charge in [-0.05, 0) is 24.3 Å². The first-order valence-electron chi connectivity index (χ1n) is 5.72. The predicted molar refractivity (Wildman–Crippen MR) is 80.2 cm³/mol. The van der Waals surface area contributed by atoms with E-state index in [9.17, 15) is 13.2 Å². The van der Waals surface area contributed by atoms with Crippen LogP contribution in [0, 0.1) is 0 Å². The van der Waals surface area contributed by atoms with Crippen LogP contribution in [0.4, 0.5) is 5.69 Å². The van der Waals surface area contributed by atoms with Crippen molar-refractivity contribution in [3.05, 3.63) is 60.7 Å². The van der Waals surface area contributed by atoms with Gasteiger partial charge in [-0.15, -0.1) is 0 Å². The molecule has 0 saturated carbocycles. The first kappa shape index (κ1) is 16.2. The van der Waals surface area contributed by atoms with Gasteiger partial charge in [0.1, 0.15) is 0 Å². The second-order valence-corrected chi connectivity index (χ2v) is 6.36. The van der Waals surface area contributed by atoms with E-state index in [2.05, 4.69) is 5.32 Å². The molecule has 0 saturated heterocycles. The van der Waals surface area contributed by atoms with E-state index in [4.69, 9.17) is 10.7 Å². The molecule has 106 valence electrons. The Labute approximate surface area is 122 Å². The molecule has 0 heterocycles. The van der Waals surface area contributed by atoms with E-state index in [-0.39, 0.29) is 10.8 Å². The first-order chi connectivity index (χ1) is 9.39. The summed E-state index contributed by atoms with van der Waals surface area (Å²) in [6, 6.07) is 17.6. The first-order valence-corrected chi connectivity index (χ1v) is 8.03. The van der Waals surface area contributed by atoms with Crippen molar-refractivity contribution in [1.82, 2.24) is 0 Å². The van der Waals surface area contributed by atoms with Crippen LogP contribution in [0.3, 0.4) is 0 Å². The van der Waals surface area contributed by atoms with Crippen LogP contribution in [-0.4, -0.2) is 14.3 Å². The highest BCUT2D eigenvalue weighted by Crippen LogP contribution is 2.17. The van der Waals surface area contributed by atoms with E-state index in [1.54, 1.807) is 0 Å². The summed E-state index contributed by atoms with van der Waals surface area (Å²) in [7, 11) is 1.41. The molecule has 0 fully saturated rings. The van der Waals surface area contributed by atoms with E-state index in [0.29, 0.717) is 5.69 Å². The van der Waals surface area contributed by atoms with Gasteiger partial charge in [-0.2, -0.15) is 0 Å². The van der Waals surface area contributed by atoms with E-state index in [1.807, 2.05) is 36.4 Å². The Morgan fingerprint density at radius 3 is 1.65 bits per heavy atom. The Bertz CT molecular complexity index is 613. The Kier molecular flexibility index (Phi) is 6.21. The molecule has 0 radical (unpaired) electrons. The lowest BCUT2D eigenvalue weighted by Crippen LogP contribution is -2.05. The van der Waals surface area contributed by atoms with Crippen molar-refractivity contribution < 1.29 is 13.2 Å². The summed E-state index contributed by atoms with van der Waals surface area (Å²) >= 11 is 0. The molecule has 6 heteroatoms. The molecule has 1 N–H and O–H groups in total. The summed E-state index contributed by atoms with van der Waals surface area (Å²) in [5, 5.41) is 2.51. The molecule has 0 unspecified atom stereocenters. The molecule has 0 aliphatic rings. The molecular formula is C14H14ClNO3S. The van der Waals surface area contributed by atoms with Crippen molar-refractivity contribution in [2.75, 3.05) is 5.32 Å². The van der Waals surface area contributed by atoms with E-state index >= 15 is 0 Å². The fourth-order valence-electron chi connectivity index (χ4n) is 1.29. The van der Waals surface area contributed by atoms with Gasteiger partial charge in [-0.25, -0.2) is 8.42 Å². The number of amides is 1. The number of carbonyl (C=O) groups excluding carboxylic acids is 1. The van der Waals surface area contributed by atoms with Crippen LogP contribution in [0.2, 0.25) is 0 Å². The van der Waals surface area contributed by atoms with Crippen molar-refractivity contribution in [3.63, 3.8) is 0 Å². The second-order valence-electron chi connectivity index (χ2n) is 3.80. The highest BCUT2D eigenvalue weighted by Gasteiger charge is 2.08. The maximum atomic E-state index is 10.8. The molecule has 0 aromatic heterocycles. The molecule has 2 aromatic carbocycles. The van der Waals surface area contributed by atoms with Crippen LogP contribution in [0.5, 0.6) is 0 Å². The normalized spacial score (nSPS) is 10.1. The van der Waals surface area contributed by atoms with E-state index in [1.165, 1.54) is 31.2 Å². The average molecular weight is 312 g/mol. The number of carbonyl (C=O) groups is 1. The lowest BCUT2D eigenvalue weighted by atomic mass is 10.3. The minimum absolute atomic E-state index is 0.00766. The molecule has 0 spiro atoms. The molecule has 0 aliphatic carbocycles. The van der Waals surface area contributed by atoms with Gasteiger partial charge < -0.3 is 5.32 Å². The number of rotatable bonds is 2. The van der Waals surface area contributed by atoms with Crippen LogP contribution in [0.1, 0.15) is 6.92 Å². The lowest BCUT2D eigenvalue weighted by Gasteiger charge is -2.01. The quantitative estimate of drug-likeness (QED) is 0.866. The van der Waals surface area contributed by atoms with Crippen LogP contribution in [0.15, 0.2) is 65.6 Å². The second kappa shape index (κ2) is 7.67. The monoisotopic (exact) mass is 311 g/mol. The van der Waals surface area contributed by atoms with Crippen molar-refractivity contribution in [2.45, 2.75) is 11.8 Å². The summed E-state index contributed by atoms with van der Waals surface area (Å²) in [5.74, 6) is -0.216. The highest BCUT2D eigenvalue weighted by atomic mass is 35.7. The Hall–Kier alpha value is -1.85. The molecule has 2 rings (SSSR count). The molecule has 0 atom stereocenters. The summed E-state index contributed by atoms with van der Waals surface area (Å²) in [4.78, 5) is 10.6. The number of hydrogen-bond donors (Lipinski definition) is 1. The third kappa shape index (κ3) is 6.36. The molecule has 1 amide bonds. The molecular weight excluding hydrogens is 298 g/mol. The van der Waals surface area contributed by atoms with Crippen molar-refractivity contribution in [1.29, 1.82) is 0 Å². The fraction of sp³-hybridized carbons (Fsp3) is 0.0714. The van der Waals surface area contributed by atoms with Crippen molar-refractivity contribution >= 4 is 31.3 Å². The lowest BCUT2D eigenvalue weighted by molar-refractivity contribution is -0.114. The summed E-state index contributed by atoms with van der Waals surface area (Å²) < 4.78 is 21.7. The van der Waals surface area contributed by atoms with Gasteiger partial charge in [0.15, 0.2) is 0 Å². The van der Waals surface area contributed by atoms with E-state index < -0.39 is 9.05 Å². The Balaban J connectivity index is 0.000000276. The highest BCUT2D eigenvalue weighted by molar-refractivity contribution is 8.13. The Morgan fingerprint density at radius 2 is 1.35 bits per heavy atom. The van der Waals surface area contributed by atoms with Gasteiger partial charge in [0.25, 0.3) is 9.05 Å². The molecule has 0 aliphatic heterocycles. The summed E-state index contributed by atoms with van der Waals surface area (Å²) in [6.07, 6.45) is 0. The maximum Gasteiger partial charge on any atom is 0.261 e. The minimum Gasteiger partial charge on any atom is -0.326 e. The third-order valence-electron chi connectivity index (χ3n) is 2.12. The van der Waals surface area contributed by atoms with Gasteiger partial charge >= 0.3 is 0 Å². The maximum absolute atomic E-state index is 10.8. The molecule has 0 bridgehead atoms. The molecule has 20 heavy (non-hydrogen) atoms. The van der Waals surface area contributed by atoms with Gasteiger partial charge in [-0.3, -0.25) is 4.79 Å². The zero-order valence-corrected chi connectivity index (χ0v) is 12.4. The Morgan fingerprint density at radius 1 is 0.950 bits per heavy atom. The smallest absolute Gasteiger partial charge is 0.261 e. The van der Waals surface area contributed by atoms with Gasteiger partial charge in [-0.1, -0.05) is 36.4 Å². The van der Waals surface area contributed by atoms with Crippen LogP contribution < -0.4 is 5.32 Å². The van der Waals surface area contributed by atoms with Crippen molar-refractivity contribution in [3.8, 4) is 0 Å². The van der Waals surface area contributed by atoms with Crippen LogP contribution in [-0.2, 0) is 13.8 Å². The van der Waals surface area contributed by atoms with Gasteiger partial charge in [0, 0.05) is 23.3 Å². The third-order valence-corrected chi connectivity index (χ3v) is 3.49. The molecule has 2 aromatic rings. The van der Waals surface area contributed by atoms with Gasteiger partial charge in [0.2, 0.25) is 5.91 Å². The topological polar surface area (TPSA) is 63.2 Å². The minimum atomic E-state index is -3.69. The number of nitrogens with one attached hydrogen (secondary N) is 1.